The molecule has 6 nitrogen and oxygen atoms in total. The summed E-state index contributed by atoms with van der Waals surface area (Å²) >= 11 is 0. The van der Waals surface area contributed by atoms with Crippen LogP contribution in [0.15, 0.2) is 53.4 Å². The van der Waals surface area contributed by atoms with Crippen LogP contribution in [0, 0.1) is 13.8 Å². The highest BCUT2D eigenvalue weighted by atomic mass is 32.2. The minimum atomic E-state index is -3.57. The van der Waals surface area contributed by atoms with Gasteiger partial charge in [-0.05, 0) is 44.0 Å². The number of aryl methyl sites for hydroxylation is 2. The van der Waals surface area contributed by atoms with Crippen LogP contribution >= 0.6 is 0 Å². The molecule has 3 N–H and O–H groups in total. The molecule has 0 saturated carbocycles. The number of sulfonamides is 1. The number of hydrogen-bond donors (Lipinski definition) is 3. The Bertz CT molecular complexity index is 849. The molecule has 1 atom stereocenters. The zero-order valence-corrected chi connectivity index (χ0v) is 16.1. The molecular weight excluding hydrogens is 350 g/mol. The smallest absolute Gasteiger partial charge is 0.315 e. The highest BCUT2D eigenvalue weighted by Gasteiger charge is 2.14. The molecular formula is C19H25N3O3S. The Balaban J connectivity index is 1.78. The maximum atomic E-state index is 12.1. The van der Waals surface area contributed by atoms with Crippen molar-refractivity contribution < 1.29 is 13.2 Å². The summed E-state index contributed by atoms with van der Waals surface area (Å²) in [7, 11) is -3.57. The third kappa shape index (κ3) is 5.57. The van der Waals surface area contributed by atoms with Gasteiger partial charge in [0.15, 0.2) is 0 Å². The van der Waals surface area contributed by atoms with Crippen molar-refractivity contribution in [1.82, 2.24) is 15.4 Å². The molecule has 0 spiro atoms. The average molecular weight is 375 g/mol. The normalized spacial score (nSPS) is 12.4. The van der Waals surface area contributed by atoms with Crippen LogP contribution in [0.3, 0.4) is 0 Å². The van der Waals surface area contributed by atoms with E-state index in [4.69, 9.17) is 0 Å². The number of nitrogens with one attached hydrogen (secondary N) is 3. The lowest BCUT2D eigenvalue weighted by molar-refractivity contribution is 0.238. The van der Waals surface area contributed by atoms with E-state index in [1.165, 1.54) is 0 Å². The molecule has 0 fully saturated rings. The van der Waals surface area contributed by atoms with Crippen molar-refractivity contribution in [2.75, 3.05) is 13.1 Å². The highest BCUT2D eigenvalue weighted by molar-refractivity contribution is 7.89. The van der Waals surface area contributed by atoms with Crippen LogP contribution in [0.25, 0.3) is 0 Å². The Kier molecular flexibility index (Phi) is 6.76. The summed E-state index contributed by atoms with van der Waals surface area (Å²) in [6.45, 7) is 6.09. The van der Waals surface area contributed by atoms with Crippen molar-refractivity contribution in [3.05, 3.63) is 65.2 Å². The molecule has 2 amide bonds. The van der Waals surface area contributed by atoms with E-state index < -0.39 is 10.0 Å². The molecule has 0 saturated heterocycles. The summed E-state index contributed by atoms with van der Waals surface area (Å²) in [5, 5.41) is 5.50. The van der Waals surface area contributed by atoms with Crippen molar-refractivity contribution in [3.8, 4) is 0 Å². The number of carbonyl (C=O) groups is 1. The zero-order valence-electron chi connectivity index (χ0n) is 15.2. The first kappa shape index (κ1) is 19.9. The van der Waals surface area contributed by atoms with E-state index in [-0.39, 0.29) is 30.1 Å². The van der Waals surface area contributed by atoms with Crippen molar-refractivity contribution >= 4 is 16.1 Å². The molecule has 0 aliphatic carbocycles. The zero-order chi connectivity index (χ0) is 19.2. The Morgan fingerprint density at radius 3 is 2.31 bits per heavy atom. The Labute approximate surface area is 155 Å². The SMILES string of the molecule is Cc1ccc(S(=O)(=O)NCCNC(=O)NC(C)c2ccccc2C)cc1. The van der Waals surface area contributed by atoms with E-state index in [2.05, 4.69) is 15.4 Å². The van der Waals surface area contributed by atoms with Crippen LogP contribution in [0.4, 0.5) is 4.79 Å². The fraction of sp³-hybridized carbons (Fsp3) is 0.316. The first-order valence-corrected chi connectivity index (χ1v) is 9.94. The molecule has 0 radical (unpaired) electrons. The Morgan fingerprint density at radius 2 is 1.65 bits per heavy atom. The van der Waals surface area contributed by atoms with E-state index in [0.717, 1.165) is 16.7 Å². The highest BCUT2D eigenvalue weighted by Crippen LogP contribution is 2.16. The quantitative estimate of drug-likeness (QED) is 0.650. The maximum Gasteiger partial charge on any atom is 0.315 e. The van der Waals surface area contributed by atoms with Crippen LogP contribution in [-0.4, -0.2) is 27.5 Å². The standard InChI is InChI=1S/C19H25N3O3S/c1-14-8-10-17(11-9-14)26(24,25)21-13-12-20-19(23)22-16(3)18-7-5-4-6-15(18)2/h4-11,16,21H,12-13H2,1-3H3,(H2,20,22,23). The summed E-state index contributed by atoms with van der Waals surface area (Å²) in [5.41, 5.74) is 3.14. The number of rotatable bonds is 7. The van der Waals surface area contributed by atoms with Gasteiger partial charge in [-0.1, -0.05) is 42.0 Å². The summed E-state index contributed by atoms with van der Waals surface area (Å²) in [5.74, 6) is 0. The lowest BCUT2D eigenvalue weighted by atomic mass is 10.0. The predicted octanol–water partition coefficient (Wildman–Crippen LogP) is 2.64. The molecule has 0 aliphatic heterocycles. The van der Waals surface area contributed by atoms with Gasteiger partial charge >= 0.3 is 6.03 Å². The van der Waals surface area contributed by atoms with Crippen LogP contribution in [0.5, 0.6) is 0 Å². The number of carbonyl (C=O) groups excluding carboxylic acids is 1. The molecule has 0 bridgehead atoms. The van der Waals surface area contributed by atoms with Crippen molar-refractivity contribution in [2.24, 2.45) is 0 Å². The minimum Gasteiger partial charge on any atom is -0.337 e. The van der Waals surface area contributed by atoms with Gasteiger partial charge in [-0.3, -0.25) is 0 Å². The van der Waals surface area contributed by atoms with Gasteiger partial charge in [0.1, 0.15) is 0 Å². The summed E-state index contributed by atoms with van der Waals surface area (Å²) in [6.07, 6.45) is 0. The second kappa shape index (κ2) is 8.82. The molecule has 2 rings (SSSR count). The molecule has 1 unspecified atom stereocenters. The van der Waals surface area contributed by atoms with Crippen LogP contribution in [-0.2, 0) is 10.0 Å². The topological polar surface area (TPSA) is 87.3 Å². The average Bonchev–Trinajstić information content (AvgIpc) is 2.59. The third-order valence-corrected chi connectivity index (χ3v) is 5.51. The van der Waals surface area contributed by atoms with Gasteiger partial charge < -0.3 is 10.6 Å². The lowest BCUT2D eigenvalue weighted by Crippen LogP contribution is -2.41. The number of benzene rings is 2. The largest absolute Gasteiger partial charge is 0.337 e. The summed E-state index contributed by atoms with van der Waals surface area (Å²) in [6, 6.07) is 14.0. The summed E-state index contributed by atoms with van der Waals surface area (Å²) < 4.78 is 26.8. The second-order valence-corrected chi connectivity index (χ2v) is 7.96. The number of amides is 2. The third-order valence-electron chi connectivity index (χ3n) is 4.04. The lowest BCUT2D eigenvalue weighted by Gasteiger charge is -2.17. The fourth-order valence-electron chi connectivity index (χ4n) is 2.56. The fourth-order valence-corrected chi connectivity index (χ4v) is 3.59. The monoisotopic (exact) mass is 375 g/mol. The van der Waals surface area contributed by atoms with Gasteiger partial charge in [0.05, 0.1) is 10.9 Å². The summed E-state index contributed by atoms with van der Waals surface area (Å²) in [4.78, 5) is 12.2. The molecule has 0 heterocycles. The molecule has 26 heavy (non-hydrogen) atoms. The molecule has 7 heteroatoms. The number of hydrogen-bond acceptors (Lipinski definition) is 3. The predicted molar refractivity (Wildman–Crippen MR) is 102 cm³/mol. The van der Waals surface area contributed by atoms with Crippen LogP contribution in [0.2, 0.25) is 0 Å². The van der Waals surface area contributed by atoms with Crippen LogP contribution < -0.4 is 15.4 Å². The van der Waals surface area contributed by atoms with Gasteiger partial charge in [-0.25, -0.2) is 17.9 Å². The van der Waals surface area contributed by atoms with Gasteiger partial charge in [0.2, 0.25) is 10.0 Å². The van der Waals surface area contributed by atoms with Gasteiger partial charge in [-0.15, -0.1) is 0 Å². The van der Waals surface area contributed by atoms with E-state index in [9.17, 15) is 13.2 Å². The molecule has 0 aliphatic rings. The van der Waals surface area contributed by atoms with Gasteiger partial charge in [-0.2, -0.15) is 0 Å². The van der Waals surface area contributed by atoms with E-state index in [1.54, 1.807) is 24.3 Å². The van der Waals surface area contributed by atoms with Crippen molar-refractivity contribution in [2.45, 2.75) is 31.7 Å². The molecule has 2 aromatic carbocycles. The minimum absolute atomic E-state index is 0.113. The first-order chi connectivity index (χ1) is 12.3. The van der Waals surface area contributed by atoms with Gasteiger partial charge in [0.25, 0.3) is 0 Å². The first-order valence-electron chi connectivity index (χ1n) is 8.46. The molecule has 140 valence electrons. The van der Waals surface area contributed by atoms with E-state index in [0.29, 0.717) is 0 Å². The van der Waals surface area contributed by atoms with Crippen LogP contribution in [0.1, 0.15) is 29.7 Å². The van der Waals surface area contributed by atoms with Crippen molar-refractivity contribution in [3.63, 3.8) is 0 Å². The maximum absolute atomic E-state index is 12.1. The van der Waals surface area contributed by atoms with E-state index in [1.807, 2.05) is 45.0 Å². The molecule has 0 aromatic heterocycles. The second-order valence-electron chi connectivity index (χ2n) is 6.19. The van der Waals surface area contributed by atoms with Crippen molar-refractivity contribution in [1.29, 1.82) is 0 Å². The number of urea groups is 1. The van der Waals surface area contributed by atoms with E-state index >= 15 is 0 Å². The Hall–Kier alpha value is -2.38. The van der Waals surface area contributed by atoms with Gasteiger partial charge in [0, 0.05) is 13.1 Å². The Morgan fingerprint density at radius 1 is 1.00 bits per heavy atom. The molecule has 2 aromatic rings.